The highest BCUT2D eigenvalue weighted by Crippen LogP contribution is 2.25. The molecule has 156 valence electrons. The van der Waals surface area contributed by atoms with E-state index in [1.54, 1.807) is 21.9 Å². The number of ether oxygens (including phenoxy) is 2. The maximum Gasteiger partial charge on any atom is 0.414 e. The lowest BCUT2D eigenvalue weighted by atomic mass is 10.2. The minimum absolute atomic E-state index is 0.0576. The highest BCUT2D eigenvalue weighted by atomic mass is 16.6. The maximum atomic E-state index is 11.8. The number of nitrogens with two attached hydrogens (primary N) is 1. The number of aliphatic carboxylic acids is 2. The predicted octanol–water partition coefficient (Wildman–Crippen LogP) is 0.0455. The number of cyclic esters (lactones) is 1. The third-order valence-corrected chi connectivity index (χ3v) is 3.96. The van der Waals surface area contributed by atoms with Crippen LogP contribution in [-0.4, -0.2) is 73.1 Å². The van der Waals surface area contributed by atoms with Crippen LogP contribution in [0.25, 0.3) is 0 Å². The highest BCUT2D eigenvalue weighted by Gasteiger charge is 2.31. The number of nitrogens with zero attached hydrogens (tertiary/aromatic N) is 2. The Labute approximate surface area is 165 Å². The van der Waals surface area contributed by atoms with Gasteiger partial charge in [0.2, 0.25) is 0 Å². The van der Waals surface area contributed by atoms with Gasteiger partial charge in [-0.2, -0.15) is 0 Å². The van der Waals surface area contributed by atoms with E-state index in [4.69, 9.17) is 25.4 Å². The summed E-state index contributed by atoms with van der Waals surface area (Å²) in [5, 5.41) is 15.6. The van der Waals surface area contributed by atoms with Gasteiger partial charge in [-0.3, -0.25) is 9.69 Å². The van der Waals surface area contributed by atoms with Crippen LogP contribution in [0.3, 0.4) is 0 Å². The Hall–Kier alpha value is -3.44. The van der Waals surface area contributed by atoms with Crippen molar-refractivity contribution in [3.8, 4) is 0 Å². The lowest BCUT2D eigenvalue weighted by Crippen LogP contribution is -2.41. The molecule has 0 spiro atoms. The molecule has 1 atom stereocenters. The van der Waals surface area contributed by atoms with E-state index in [1.165, 1.54) is 0 Å². The minimum atomic E-state index is -1.26. The van der Waals surface area contributed by atoms with Crippen molar-refractivity contribution in [1.82, 2.24) is 0 Å². The number of hydrogen-bond acceptors (Lipinski definition) is 7. The molecule has 11 heteroatoms. The average Bonchev–Trinajstić information content (AvgIpc) is 3.08. The lowest BCUT2D eigenvalue weighted by molar-refractivity contribution is -0.134. The van der Waals surface area contributed by atoms with Crippen LogP contribution < -0.4 is 15.5 Å². The molecule has 2 aliphatic rings. The summed E-state index contributed by atoms with van der Waals surface area (Å²) in [5.74, 6) is -2.57. The molecule has 0 unspecified atom stereocenters. The summed E-state index contributed by atoms with van der Waals surface area (Å²) in [6.07, 6.45) is 0.462. The molecule has 1 aromatic rings. The minimum Gasteiger partial charge on any atom is -0.478 e. The second kappa shape index (κ2) is 10.2. The Morgan fingerprint density at radius 1 is 1.07 bits per heavy atom. The van der Waals surface area contributed by atoms with E-state index in [0.717, 1.165) is 11.4 Å². The molecule has 2 saturated heterocycles. The number of carbonyl (C=O) groups excluding carboxylic acids is 2. The number of hydrogen-bond donors (Lipinski definition) is 3. The summed E-state index contributed by atoms with van der Waals surface area (Å²) < 4.78 is 10.2. The van der Waals surface area contributed by atoms with E-state index in [-0.39, 0.29) is 24.7 Å². The number of amides is 2. The Balaban J connectivity index is 0.000000321. The van der Waals surface area contributed by atoms with Crippen molar-refractivity contribution in [3.63, 3.8) is 0 Å². The number of anilines is 2. The fraction of sp³-hybridized carbons (Fsp3) is 0.333. The Bertz CT molecular complexity index is 777. The molecule has 2 fully saturated rings. The SMILES string of the molecule is NC[C@H]1CN(c2ccc(N3CCOCC3=O)cc2)C(=O)O1.O=C(O)/C=C/C(=O)O. The summed E-state index contributed by atoms with van der Waals surface area (Å²) in [5.41, 5.74) is 7.05. The molecule has 0 aromatic heterocycles. The van der Waals surface area contributed by atoms with Gasteiger partial charge in [0.25, 0.3) is 5.91 Å². The molecular weight excluding hydrogens is 386 g/mol. The van der Waals surface area contributed by atoms with E-state index in [1.807, 2.05) is 12.1 Å². The smallest absolute Gasteiger partial charge is 0.414 e. The zero-order valence-corrected chi connectivity index (χ0v) is 15.4. The van der Waals surface area contributed by atoms with E-state index < -0.39 is 11.9 Å². The van der Waals surface area contributed by atoms with Gasteiger partial charge in [-0.15, -0.1) is 0 Å². The van der Waals surface area contributed by atoms with Crippen molar-refractivity contribution >= 4 is 35.3 Å². The van der Waals surface area contributed by atoms with Gasteiger partial charge >= 0.3 is 18.0 Å². The molecule has 1 aromatic carbocycles. The van der Waals surface area contributed by atoms with Gasteiger partial charge in [0, 0.05) is 36.6 Å². The zero-order chi connectivity index (χ0) is 21.4. The number of carbonyl (C=O) groups is 4. The summed E-state index contributed by atoms with van der Waals surface area (Å²) >= 11 is 0. The van der Waals surface area contributed by atoms with Crippen molar-refractivity contribution in [1.29, 1.82) is 0 Å². The first-order chi connectivity index (χ1) is 13.8. The molecular formula is C18H21N3O8. The van der Waals surface area contributed by atoms with E-state index in [0.29, 0.717) is 38.4 Å². The summed E-state index contributed by atoms with van der Waals surface area (Å²) in [6, 6.07) is 7.25. The van der Waals surface area contributed by atoms with Crippen LogP contribution in [-0.2, 0) is 23.9 Å². The fourth-order valence-corrected chi connectivity index (χ4v) is 2.60. The van der Waals surface area contributed by atoms with Gasteiger partial charge in [0.15, 0.2) is 0 Å². The first kappa shape index (κ1) is 21.9. The first-order valence-corrected chi connectivity index (χ1v) is 8.62. The highest BCUT2D eigenvalue weighted by molar-refractivity contribution is 5.95. The second-order valence-corrected chi connectivity index (χ2v) is 5.98. The Morgan fingerprint density at radius 2 is 1.62 bits per heavy atom. The van der Waals surface area contributed by atoms with Crippen molar-refractivity contribution < 1.29 is 38.9 Å². The normalized spacial score (nSPS) is 19.0. The van der Waals surface area contributed by atoms with Gasteiger partial charge in [0.05, 0.1) is 13.2 Å². The van der Waals surface area contributed by atoms with E-state index in [2.05, 4.69) is 0 Å². The second-order valence-electron chi connectivity index (χ2n) is 5.98. The summed E-state index contributed by atoms with van der Waals surface area (Å²) in [7, 11) is 0. The maximum absolute atomic E-state index is 11.8. The monoisotopic (exact) mass is 407 g/mol. The molecule has 2 heterocycles. The van der Waals surface area contributed by atoms with Crippen LogP contribution in [0.2, 0.25) is 0 Å². The molecule has 4 N–H and O–H groups in total. The molecule has 11 nitrogen and oxygen atoms in total. The zero-order valence-electron chi connectivity index (χ0n) is 15.4. The Kier molecular flexibility index (Phi) is 7.69. The molecule has 29 heavy (non-hydrogen) atoms. The van der Waals surface area contributed by atoms with Crippen LogP contribution >= 0.6 is 0 Å². The third kappa shape index (κ3) is 6.30. The van der Waals surface area contributed by atoms with Gasteiger partial charge in [0.1, 0.15) is 12.7 Å². The van der Waals surface area contributed by atoms with Gasteiger partial charge in [-0.25, -0.2) is 14.4 Å². The van der Waals surface area contributed by atoms with Crippen LogP contribution in [0.15, 0.2) is 36.4 Å². The number of morpholine rings is 1. The molecule has 3 rings (SSSR count). The molecule has 2 amide bonds. The molecule has 2 aliphatic heterocycles. The van der Waals surface area contributed by atoms with Crippen molar-refractivity contribution in [3.05, 3.63) is 36.4 Å². The largest absolute Gasteiger partial charge is 0.478 e. The van der Waals surface area contributed by atoms with E-state index >= 15 is 0 Å². The van der Waals surface area contributed by atoms with Crippen LogP contribution in [0.5, 0.6) is 0 Å². The molecule has 0 radical (unpaired) electrons. The molecule has 0 saturated carbocycles. The fourth-order valence-electron chi connectivity index (χ4n) is 2.60. The number of rotatable bonds is 5. The quantitative estimate of drug-likeness (QED) is 0.573. The van der Waals surface area contributed by atoms with E-state index in [9.17, 15) is 19.2 Å². The third-order valence-electron chi connectivity index (χ3n) is 3.96. The molecule has 0 aliphatic carbocycles. The van der Waals surface area contributed by atoms with Crippen molar-refractivity contribution in [2.24, 2.45) is 5.73 Å². The van der Waals surface area contributed by atoms with Gasteiger partial charge < -0.3 is 30.3 Å². The van der Waals surface area contributed by atoms with Crippen LogP contribution in [0, 0.1) is 0 Å². The van der Waals surface area contributed by atoms with Gasteiger partial charge in [-0.1, -0.05) is 0 Å². The van der Waals surface area contributed by atoms with Crippen molar-refractivity contribution in [2.75, 3.05) is 42.6 Å². The number of benzene rings is 1. The number of carboxylic acid groups (broad SMARTS) is 2. The summed E-state index contributed by atoms with van der Waals surface area (Å²) in [6.45, 7) is 1.94. The average molecular weight is 407 g/mol. The summed E-state index contributed by atoms with van der Waals surface area (Å²) in [4.78, 5) is 45.9. The topological polar surface area (TPSA) is 160 Å². The lowest BCUT2D eigenvalue weighted by Gasteiger charge is -2.27. The van der Waals surface area contributed by atoms with Crippen LogP contribution in [0.4, 0.5) is 16.2 Å². The standard InChI is InChI=1S/C14H17N3O4.C4H4O4/c15-7-12-8-17(14(19)21-12)11-3-1-10(2-4-11)16-5-6-20-9-13(16)18;5-3(6)1-2-4(7)8/h1-4,12H,5-9,15H2;1-2H,(H,5,6)(H,7,8)/b;2-1+/t12-;/m0./s1. The van der Waals surface area contributed by atoms with Gasteiger partial charge in [-0.05, 0) is 24.3 Å². The molecule has 0 bridgehead atoms. The van der Waals surface area contributed by atoms with Crippen LogP contribution in [0.1, 0.15) is 0 Å². The van der Waals surface area contributed by atoms with Crippen molar-refractivity contribution in [2.45, 2.75) is 6.10 Å². The Morgan fingerprint density at radius 3 is 2.07 bits per heavy atom. The first-order valence-electron chi connectivity index (χ1n) is 8.62. The number of carboxylic acids is 2. The predicted molar refractivity (Wildman–Crippen MR) is 101 cm³/mol.